The zero-order valence-corrected chi connectivity index (χ0v) is 16.3. The summed E-state index contributed by atoms with van der Waals surface area (Å²) in [5, 5.41) is 2.95. The van der Waals surface area contributed by atoms with Gasteiger partial charge in [0, 0.05) is 13.1 Å². The van der Waals surface area contributed by atoms with Crippen LogP contribution in [-0.4, -0.2) is 23.9 Å². The van der Waals surface area contributed by atoms with Crippen molar-refractivity contribution < 1.29 is 4.79 Å². The van der Waals surface area contributed by atoms with Crippen LogP contribution in [0.15, 0.2) is 48.5 Å². The Bertz CT molecular complexity index is 716. The SMILES string of the molecule is Cc1ccc(C(N)C(=O)NCc2ccc(CN3CCCCCC3)cc2)cc1. The molecular formula is C23H31N3O. The number of carbonyl (C=O) groups is 1. The van der Waals surface area contributed by atoms with Crippen molar-refractivity contribution in [3.63, 3.8) is 0 Å². The largest absolute Gasteiger partial charge is 0.350 e. The molecule has 144 valence electrons. The topological polar surface area (TPSA) is 58.4 Å². The highest BCUT2D eigenvalue weighted by Crippen LogP contribution is 2.15. The van der Waals surface area contributed by atoms with E-state index in [-0.39, 0.29) is 5.91 Å². The summed E-state index contributed by atoms with van der Waals surface area (Å²) in [6, 6.07) is 15.7. The Morgan fingerprint density at radius 1 is 0.963 bits per heavy atom. The van der Waals surface area contributed by atoms with Crippen molar-refractivity contribution >= 4 is 5.91 Å². The predicted octanol–water partition coefficient (Wildman–Crippen LogP) is 3.69. The van der Waals surface area contributed by atoms with E-state index in [0.717, 1.165) is 23.2 Å². The molecule has 4 heteroatoms. The van der Waals surface area contributed by atoms with Crippen molar-refractivity contribution in [3.05, 3.63) is 70.8 Å². The van der Waals surface area contributed by atoms with Crippen LogP contribution in [0.25, 0.3) is 0 Å². The van der Waals surface area contributed by atoms with Crippen LogP contribution in [0.5, 0.6) is 0 Å². The van der Waals surface area contributed by atoms with E-state index in [1.54, 1.807) is 0 Å². The lowest BCUT2D eigenvalue weighted by molar-refractivity contribution is -0.122. The Morgan fingerprint density at radius 2 is 1.56 bits per heavy atom. The van der Waals surface area contributed by atoms with Crippen molar-refractivity contribution in [2.75, 3.05) is 13.1 Å². The maximum atomic E-state index is 12.3. The average molecular weight is 366 g/mol. The van der Waals surface area contributed by atoms with E-state index in [4.69, 9.17) is 5.73 Å². The molecule has 1 atom stereocenters. The van der Waals surface area contributed by atoms with Gasteiger partial charge < -0.3 is 11.1 Å². The van der Waals surface area contributed by atoms with Crippen LogP contribution >= 0.6 is 0 Å². The molecular weight excluding hydrogens is 334 g/mol. The molecule has 1 aliphatic heterocycles. The monoisotopic (exact) mass is 365 g/mol. The number of nitrogens with two attached hydrogens (primary N) is 1. The number of hydrogen-bond acceptors (Lipinski definition) is 3. The second-order valence-corrected chi connectivity index (χ2v) is 7.61. The van der Waals surface area contributed by atoms with Crippen molar-refractivity contribution in [1.29, 1.82) is 0 Å². The van der Waals surface area contributed by atoms with Crippen LogP contribution in [0.4, 0.5) is 0 Å². The summed E-state index contributed by atoms with van der Waals surface area (Å²) >= 11 is 0. The van der Waals surface area contributed by atoms with Crippen LogP contribution in [0.2, 0.25) is 0 Å². The average Bonchev–Trinajstić information content (AvgIpc) is 2.96. The number of benzene rings is 2. The Morgan fingerprint density at radius 3 is 2.19 bits per heavy atom. The molecule has 1 unspecified atom stereocenters. The first-order chi connectivity index (χ1) is 13.1. The molecule has 1 heterocycles. The van der Waals surface area contributed by atoms with Gasteiger partial charge in [0.15, 0.2) is 0 Å². The predicted molar refractivity (Wildman–Crippen MR) is 110 cm³/mol. The second-order valence-electron chi connectivity index (χ2n) is 7.61. The van der Waals surface area contributed by atoms with Gasteiger partial charge in [0.05, 0.1) is 0 Å². The molecule has 0 spiro atoms. The van der Waals surface area contributed by atoms with E-state index < -0.39 is 6.04 Å². The van der Waals surface area contributed by atoms with E-state index in [9.17, 15) is 4.79 Å². The van der Waals surface area contributed by atoms with Crippen molar-refractivity contribution in [2.24, 2.45) is 5.73 Å². The summed E-state index contributed by atoms with van der Waals surface area (Å²) in [5.41, 5.74) is 10.5. The van der Waals surface area contributed by atoms with Gasteiger partial charge >= 0.3 is 0 Å². The zero-order valence-electron chi connectivity index (χ0n) is 16.3. The molecule has 1 saturated heterocycles. The van der Waals surface area contributed by atoms with Crippen molar-refractivity contribution in [1.82, 2.24) is 10.2 Å². The molecule has 2 aromatic rings. The third kappa shape index (κ3) is 5.91. The summed E-state index contributed by atoms with van der Waals surface area (Å²) in [6.45, 7) is 5.95. The van der Waals surface area contributed by atoms with Crippen molar-refractivity contribution in [3.8, 4) is 0 Å². The maximum Gasteiger partial charge on any atom is 0.241 e. The molecule has 1 aliphatic rings. The second kappa shape index (κ2) is 9.67. The van der Waals surface area contributed by atoms with Crippen LogP contribution in [0.1, 0.15) is 54.0 Å². The van der Waals surface area contributed by atoms with Gasteiger partial charge in [0.1, 0.15) is 6.04 Å². The van der Waals surface area contributed by atoms with E-state index in [1.165, 1.54) is 44.3 Å². The van der Waals surface area contributed by atoms with E-state index in [1.807, 2.05) is 31.2 Å². The quantitative estimate of drug-likeness (QED) is 0.821. The molecule has 2 aromatic carbocycles. The lowest BCUT2D eigenvalue weighted by Crippen LogP contribution is -2.33. The van der Waals surface area contributed by atoms with E-state index in [0.29, 0.717) is 6.54 Å². The lowest BCUT2D eigenvalue weighted by Gasteiger charge is -2.20. The number of likely N-dealkylation sites (tertiary alicyclic amines) is 1. The van der Waals surface area contributed by atoms with Crippen molar-refractivity contribution in [2.45, 2.75) is 51.7 Å². The zero-order chi connectivity index (χ0) is 19.1. The van der Waals surface area contributed by atoms with E-state index in [2.05, 4.69) is 34.5 Å². The Hall–Kier alpha value is -2.17. The minimum absolute atomic E-state index is 0.146. The van der Waals surface area contributed by atoms with Crippen LogP contribution in [-0.2, 0) is 17.9 Å². The highest BCUT2D eigenvalue weighted by atomic mass is 16.2. The van der Waals surface area contributed by atoms with Gasteiger partial charge in [0.2, 0.25) is 5.91 Å². The number of nitrogens with zero attached hydrogens (tertiary/aromatic N) is 1. The molecule has 4 nitrogen and oxygen atoms in total. The fourth-order valence-electron chi connectivity index (χ4n) is 3.54. The minimum Gasteiger partial charge on any atom is -0.350 e. The van der Waals surface area contributed by atoms with Crippen LogP contribution < -0.4 is 11.1 Å². The molecule has 1 amide bonds. The molecule has 3 rings (SSSR count). The first-order valence-corrected chi connectivity index (χ1v) is 10.0. The van der Waals surface area contributed by atoms with E-state index >= 15 is 0 Å². The molecule has 1 fully saturated rings. The minimum atomic E-state index is -0.632. The smallest absolute Gasteiger partial charge is 0.241 e. The van der Waals surface area contributed by atoms with Gasteiger partial charge in [-0.3, -0.25) is 9.69 Å². The lowest BCUT2D eigenvalue weighted by atomic mass is 10.1. The fourth-order valence-corrected chi connectivity index (χ4v) is 3.54. The molecule has 27 heavy (non-hydrogen) atoms. The third-order valence-electron chi connectivity index (χ3n) is 5.31. The molecule has 0 aliphatic carbocycles. The number of aryl methyl sites for hydroxylation is 1. The molecule has 0 aromatic heterocycles. The van der Waals surface area contributed by atoms with Gasteiger partial charge in [-0.05, 0) is 49.5 Å². The Labute approximate surface area is 162 Å². The van der Waals surface area contributed by atoms with Gasteiger partial charge in [0.25, 0.3) is 0 Å². The molecule has 0 bridgehead atoms. The highest BCUT2D eigenvalue weighted by Gasteiger charge is 2.15. The normalized spacial score (nSPS) is 16.5. The summed E-state index contributed by atoms with van der Waals surface area (Å²) in [4.78, 5) is 14.9. The van der Waals surface area contributed by atoms with Crippen LogP contribution in [0.3, 0.4) is 0 Å². The first-order valence-electron chi connectivity index (χ1n) is 10.0. The van der Waals surface area contributed by atoms with Gasteiger partial charge in [-0.25, -0.2) is 0 Å². The number of nitrogens with one attached hydrogen (secondary N) is 1. The summed E-state index contributed by atoms with van der Waals surface area (Å²) in [6.07, 6.45) is 5.34. The van der Waals surface area contributed by atoms with Gasteiger partial charge in [-0.2, -0.15) is 0 Å². The summed E-state index contributed by atoms with van der Waals surface area (Å²) < 4.78 is 0. The molecule has 0 radical (unpaired) electrons. The Balaban J connectivity index is 1.49. The standard InChI is InChI=1S/C23H31N3O/c1-18-6-12-21(13-7-18)22(24)23(27)25-16-19-8-10-20(11-9-19)17-26-14-4-2-3-5-15-26/h6-13,22H,2-5,14-17,24H2,1H3,(H,25,27). The fraction of sp³-hybridized carbons (Fsp3) is 0.435. The molecule has 0 saturated carbocycles. The summed E-state index contributed by atoms with van der Waals surface area (Å²) in [5.74, 6) is -0.146. The number of amides is 1. The highest BCUT2D eigenvalue weighted by molar-refractivity contribution is 5.82. The maximum absolute atomic E-state index is 12.3. The number of rotatable bonds is 6. The first kappa shape index (κ1) is 19.6. The number of hydrogen-bond donors (Lipinski definition) is 2. The summed E-state index contributed by atoms with van der Waals surface area (Å²) in [7, 11) is 0. The number of carbonyl (C=O) groups excluding carboxylic acids is 1. The Kier molecular flexibility index (Phi) is 7.02. The van der Waals surface area contributed by atoms with Gasteiger partial charge in [-0.1, -0.05) is 66.9 Å². The molecule has 3 N–H and O–H groups in total. The van der Waals surface area contributed by atoms with Gasteiger partial charge in [-0.15, -0.1) is 0 Å². The van der Waals surface area contributed by atoms with Crippen LogP contribution in [0, 0.1) is 6.92 Å². The third-order valence-corrected chi connectivity index (χ3v) is 5.31.